The summed E-state index contributed by atoms with van der Waals surface area (Å²) >= 11 is 0. The Morgan fingerprint density at radius 3 is 1.76 bits per heavy atom. The minimum absolute atomic E-state index is 0.134. The summed E-state index contributed by atoms with van der Waals surface area (Å²) in [6, 6.07) is 18.3. The standard InChI is InChI=1S/C25H23F3N2O4/c26-25(27,28)22-9-6-18(7-10-22)16-33-23(31)29-11-13-30(14-12-29)24(32)34-17-19-5-8-20-3-1-2-4-21(20)15-19/h1-10,15H,11-14,16-17H2. The number of ether oxygens (including phenoxy) is 2. The lowest BCUT2D eigenvalue weighted by Crippen LogP contribution is -2.50. The van der Waals surface area contributed by atoms with Crippen molar-refractivity contribution in [1.29, 1.82) is 0 Å². The number of benzene rings is 3. The molecule has 1 aliphatic heterocycles. The number of nitrogens with zero attached hydrogens (tertiary/aromatic N) is 2. The summed E-state index contributed by atoms with van der Waals surface area (Å²) in [7, 11) is 0. The lowest BCUT2D eigenvalue weighted by Gasteiger charge is -2.33. The summed E-state index contributed by atoms with van der Waals surface area (Å²) in [5, 5.41) is 2.18. The summed E-state index contributed by atoms with van der Waals surface area (Å²) in [4.78, 5) is 27.7. The van der Waals surface area contributed by atoms with Crippen LogP contribution >= 0.6 is 0 Å². The highest BCUT2D eigenvalue weighted by Crippen LogP contribution is 2.29. The Kier molecular flexibility index (Phi) is 6.90. The van der Waals surface area contributed by atoms with Crippen molar-refractivity contribution < 1.29 is 32.2 Å². The van der Waals surface area contributed by atoms with E-state index >= 15 is 0 Å². The van der Waals surface area contributed by atoms with Crippen molar-refractivity contribution in [3.05, 3.63) is 83.4 Å². The van der Waals surface area contributed by atoms with Crippen LogP contribution in [0.5, 0.6) is 0 Å². The predicted octanol–water partition coefficient (Wildman–Crippen LogP) is 5.45. The molecule has 2 amide bonds. The van der Waals surface area contributed by atoms with Crippen molar-refractivity contribution in [2.45, 2.75) is 19.4 Å². The summed E-state index contributed by atoms with van der Waals surface area (Å²) < 4.78 is 48.5. The summed E-state index contributed by atoms with van der Waals surface area (Å²) in [5.41, 5.74) is 0.584. The Balaban J connectivity index is 1.20. The van der Waals surface area contributed by atoms with Crippen LogP contribution in [-0.4, -0.2) is 48.2 Å². The third-order valence-electron chi connectivity index (χ3n) is 5.62. The number of piperazine rings is 1. The zero-order chi connectivity index (χ0) is 24.1. The van der Waals surface area contributed by atoms with Gasteiger partial charge in [0.1, 0.15) is 13.2 Å². The fourth-order valence-electron chi connectivity index (χ4n) is 3.66. The van der Waals surface area contributed by atoms with E-state index in [0.29, 0.717) is 18.7 Å². The molecule has 1 aliphatic rings. The molecule has 9 heteroatoms. The van der Waals surface area contributed by atoms with Gasteiger partial charge in [0.25, 0.3) is 0 Å². The number of fused-ring (bicyclic) bond motifs is 1. The highest BCUT2D eigenvalue weighted by atomic mass is 19.4. The largest absolute Gasteiger partial charge is 0.445 e. The highest BCUT2D eigenvalue weighted by molar-refractivity contribution is 5.83. The van der Waals surface area contributed by atoms with Gasteiger partial charge in [0.15, 0.2) is 0 Å². The van der Waals surface area contributed by atoms with Gasteiger partial charge in [0, 0.05) is 26.2 Å². The molecule has 0 N–H and O–H groups in total. The van der Waals surface area contributed by atoms with Gasteiger partial charge in [-0.25, -0.2) is 9.59 Å². The Bertz CT molecular complexity index is 1160. The van der Waals surface area contributed by atoms with Gasteiger partial charge in [0.05, 0.1) is 5.56 Å². The molecule has 6 nitrogen and oxygen atoms in total. The van der Waals surface area contributed by atoms with Crippen molar-refractivity contribution in [1.82, 2.24) is 9.80 Å². The molecule has 0 bridgehead atoms. The maximum atomic E-state index is 12.6. The number of hydrogen-bond donors (Lipinski definition) is 0. The van der Waals surface area contributed by atoms with Crippen molar-refractivity contribution in [2.24, 2.45) is 0 Å². The molecule has 4 rings (SSSR count). The fraction of sp³-hybridized carbons (Fsp3) is 0.280. The van der Waals surface area contributed by atoms with Crippen LogP contribution in [-0.2, 0) is 28.9 Å². The third-order valence-corrected chi connectivity index (χ3v) is 5.62. The van der Waals surface area contributed by atoms with Crippen LogP contribution in [0.3, 0.4) is 0 Å². The van der Waals surface area contributed by atoms with Gasteiger partial charge in [-0.2, -0.15) is 13.2 Å². The molecule has 1 heterocycles. The predicted molar refractivity (Wildman–Crippen MR) is 119 cm³/mol. The van der Waals surface area contributed by atoms with E-state index in [9.17, 15) is 22.8 Å². The van der Waals surface area contributed by atoms with Crippen LogP contribution in [0.25, 0.3) is 10.8 Å². The third kappa shape index (κ3) is 5.78. The molecule has 178 valence electrons. The second-order valence-electron chi connectivity index (χ2n) is 7.96. The quantitative estimate of drug-likeness (QED) is 0.507. The molecule has 34 heavy (non-hydrogen) atoms. The molecule has 0 aliphatic carbocycles. The topological polar surface area (TPSA) is 59.1 Å². The summed E-state index contributed by atoms with van der Waals surface area (Å²) in [6.07, 6.45) is -5.44. The molecule has 0 spiro atoms. The molecule has 1 fully saturated rings. The molecule has 3 aromatic carbocycles. The molecule has 0 saturated carbocycles. The fourth-order valence-corrected chi connectivity index (χ4v) is 3.66. The molecule has 0 unspecified atom stereocenters. The molecule has 0 atom stereocenters. The normalized spacial score (nSPS) is 14.2. The van der Waals surface area contributed by atoms with Gasteiger partial charge in [-0.3, -0.25) is 0 Å². The van der Waals surface area contributed by atoms with E-state index in [4.69, 9.17) is 9.47 Å². The SMILES string of the molecule is O=C(OCc1ccc(C(F)(F)F)cc1)N1CCN(C(=O)OCc2ccc3ccccc3c2)CC1. The van der Waals surface area contributed by atoms with Gasteiger partial charge < -0.3 is 19.3 Å². The van der Waals surface area contributed by atoms with Gasteiger partial charge in [-0.15, -0.1) is 0 Å². The number of carbonyl (C=O) groups excluding carboxylic acids is 2. The summed E-state index contributed by atoms with van der Waals surface area (Å²) in [5.74, 6) is 0. The number of hydrogen-bond acceptors (Lipinski definition) is 4. The second kappa shape index (κ2) is 10.0. The first kappa shape index (κ1) is 23.4. The monoisotopic (exact) mass is 472 g/mol. The lowest BCUT2D eigenvalue weighted by molar-refractivity contribution is -0.137. The lowest BCUT2D eigenvalue weighted by atomic mass is 10.1. The van der Waals surface area contributed by atoms with E-state index in [1.54, 1.807) is 0 Å². The maximum absolute atomic E-state index is 12.6. The van der Waals surface area contributed by atoms with E-state index in [1.165, 1.54) is 21.9 Å². The Labute approximate surface area is 194 Å². The van der Waals surface area contributed by atoms with Gasteiger partial charge in [-0.1, -0.05) is 48.5 Å². The van der Waals surface area contributed by atoms with Crippen molar-refractivity contribution in [2.75, 3.05) is 26.2 Å². The zero-order valence-corrected chi connectivity index (χ0v) is 18.3. The molecule has 3 aromatic rings. The van der Waals surface area contributed by atoms with E-state index in [-0.39, 0.29) is 26.3 Å². The smallest absolute Gasteiger partial charge is 0.416 e. The van der Waals surface area contributed by atoms with E-state index in [2.05, 4.69) is 0 Å². The van der Waals surface area contributed by atoms with Gasteiger partial charge in [-0.05, 0) is 40.1 Å². The molecular weight excluding hydrogens is 449 g/mol. The van der Waals surface area contributed by atoms with Crippen LogP contribution in [0.1, 0.15) is 16.7 Å². The molecule has 0 radical (unpaired) electrons. The Morgan fingerprint density at radius 2 is 1.21 bits per heavy atom. The Morgan fingerprint density at radius 1 is 0.706 bits per heavy atom. The molecular formula is C25H23F3N2O4. The van der Waals surface area contributed by atoms with Crippen molar-refractivity contribution >= 4 is 23.0 Å². The average Bonchev–Trinajstić information content (AvgIpc) is 2.85. The number of alkyl halides is 3. The first-order chi connectivity index (χ1) is 16.3. The van der Waals surface area contributed by atoms with Gasteiger partial charge in [0.2, 0.25) is 0 Å². The Hall–Kier alpha value is -3.75. The van der Waals surface area contributed by atoms with Crippen molar-refractivity contribution in [3.8, 4) is 0 Å². The second-order valence-corrected chi connectivity index (χ2v) is 7.96. The minimum Gasteiger partial charge on any atom is -0.445 e. The highest BCUT2D eigenvalue weighted by Gasteiger charge is 2.30. The van der Waals surface area contributed by atoms with Crippen LogP contribution in [0.15, 0.2) is 66.7 Å². The number of carbonyl (C=O) groups is 2. The van der Waals surface area contributed by atoms with Crippen LogP contribution in [0.2, 0.25) is 0 Å². The zero-order valence-electron chi connectivity index (χ0n) is 18.3. The maximum Gasteiger partial charge on any atom is 0.416 e. The number of halogens is 3. The number of amides is 2. The van der Waals surface area contributed by atoms with Crippen LogP contribution in [0, 0.1) is 0 Å². The van der Waals surface area contributed by atoms with Crippen molar-refractivity contribution in [3.63, 3.8) is 0 Å². The first-order valence-electron chi connectivity index (χ1n) is 10.8. The minimum atomic E-state index is -4.41. The van der Waals surface area contributed by atoms with Crippen LogP contribution in [0.4, 0.5) is 22.8 Å². The summed E-state index contributed by atoms with van der Waals surface area (Å²) in [6.45, 7) is 1.16. The molecule has 1 saturated heterocycles. The van der Waals surface area contributed by atoms with E-state index in [0.717, 1.165) is 28.5 Å². The number of rotatable bonds is 4. The van der Waals surface area contributed by atoms with E-state index in [1.807, 2.05) is 42.5 Å². The van der Waals surface area contributed by atoms with E-state index < -0.39 is 23.9 Å². The van der Waals surface area contributed by atoms with Crippen LogP contribution < -0.4 is 0 Å². The average molecular weight is 472 g/mol. The van der Waals surface area contributed by atoms with Gasteiger partial charge >= 0.3 is 18.4 Å². The first-order valence-corrected chi connectivity index (χ1v) is 10.8. The molecule has 0 aromatic heterocycles.